The quantitative estimate of drug-likeness (QED) is 0.465. The standard InChI is InChI=1S/C17H11F2N3OS2/c18-14(19)16-22-21-15(23-16)13-7-6-11(24-13)8-12-9-20-17(25-12)10-4-2-1-3-5-10/h1-7,9,14H,8H2. The van der Waals surface area contributed by atoms with E-state index in [4.69, 9.17) is 4.42 Å². The average molecular weight is 375 g/mol. The van der Waals surface area contributed by atoms with Crippen LogP contribution in [0.2, 0.25) is 0 Å². The highest BCUT2D eigenvalue weighted by Crippen LogP contribution is 2.32. The molecule has 0 saturated heterocycles. The summed E-state index contributed by atoms with van der Waals surface area (Å²) in [7, 11) is 0. The Morgan fingerprint density at radius 3 is 2.56 bits per heavy atom. The monoisotopic (exact) mass is 375 g/mol. The Morgan fingerprint density at radius 1 is 0.960 bits per heavy atom. The highest BCUT2D eigenvalue weighted by Gasteiger charge is 2.18. The summed E-state index contributed by atoms with van der Waals surface area (Å²) in [5.41, 5.74) is 1.09. The summed E-state index contributed by atoms with van der Waals surface area (Å²) in [5.74, 6) is -0.527. The molecule has 0 amide bonds. The summed E-state index contributed by atoms with van der Waals surface area (Å²) >= 11 is 3.09. The van der Waals surface area contributed by atoms with E-state index in [9.17, 15) is 8.78 Å². The molecule has 0 aliphatic rings. The van der Waals surface area contributed by atoms with Gasteiger partial charge in [-0.15, -0.1) is 32.9 Å². The summed E-state index contributed by atoms with van der Waals surface area (Å²) in [6.45, 7) is 0. The predicted molar refractivity (Wildman–Crippen MR) is 92.9 cm³/mol. The van der Waals surface area contributed by atoms with E-state index in [-0.39, 0.29) is 5.89 Å². The van der Waals surface area contributed by atoms with Gasteiger partial charge in [0.15, 0.2) is 0 Å². The fraction of sp³-hybridized carbons (Fsp3) is 0.118. The van der Waals surface area contributed by atoms with E-state index < -0.39 is 12.3 Å². The molecular weight excluding hydrogens is 364 g/mol. The third-order valence-corrected chi connectivity index (χ3v) is 5.54. The van der Waals surface area contributed by atoms with Crippen LogP contribution in [0.25, 0.3) is 21.3 Å². The van der Waals surface area contributed by atoms with Crippen molar-refractivity contribution in [2.75, 3.05) is 0 Å². The molecule has 1 aromatic carbocycles. The molecule has 0 radical (unpaired) electrons. The largest absolute Gasteiger partial charge is 0.414 e. The number of hydrogen-bond acceptors (Lipinski definition) is 6. The summed E-state index contributed by atoms with van der Waals surface area (Å²) in [6.07, 6.45) is -0.159. The lowest BCUT2D eigenvalue weighted by Gasteiger charge is -1.94. The third-order valence-electron chi connectivity index (χ3n) is 3.42. The van der Waals surface area contributed by atoms with Gasteiger partial charge in [-0.1, -0.05) is 30.3 Å². The van der Waals surface area contributed by atoms with E-state index in [1.807, 2.05) is 48.7 Å². The van der Waals surface area contributed by atoms with Crippen LogP contribution in [-0.2, 0) is 6.42 Å². The van der Waals surface area contributed by atoms with Crippen LogP contribution >= 0.6 is 22.7 Å². The van der Waals surface area contributed by atoms with Gasteiger partial charge in [-0.25, -0.2) is 4.98 Å². The van der Waals surface area contributed by atoms with Gasteiger partial charge in [-0.05, 0) is 12.1 Å². The molecule has 0 aliphatic heterocycles. The van der Waals surface area contributed by atoms with Crippen LogP contribution < -0.4 is 0 Å². The number of benzene rings is 1. The zero-order chi connectivity index (χ0) is 17.2. The molecule has 0 aliphatic carbocycles. The minimum Gasteiger partial charge on any atom is -0.414 e. The minimum atomic E-state index is -2.76. The van der Waals surface area contributed by atoms with Gasteiger partial charge in [-0.3, -0.25) is 0 Å². The number of thiophene rings is 1. The Bertz CT molecular complexity index is 979. The number of nitrogens with zero attached hydrogens (tertiary/aromatic N) is 3. The first kappa shape index (κ1) is 16.0. The lowest BCUT2D eigenvalue weighted by molar-refractivity contribution is 0.116. The van der Waals surface area contributed by atoms with Gasteiger partial charge < -0.3 is 4.42 Å². The first-order valence-corrected chi connectivity index (χ1v) is 9.03. The van der Waals surface area contributed by atoms with Crippen molar-refractivity contribution < 1.29 is 13.2 Å². The molecular formula is C17H11F2N3OS2. The van der Waals surface area contributed by atoms with Gasteiger partial charge in [0.1, 0.15) is 5.01 Å². The lowest BCUT2D eigenvalue weighted by atomic mass is 10.2. The summed E-state index contributed by atoms with van der Waals surface area (Å²) in [6, 6.07) is 13.8. The van der Waals surface area contributed by atoms with Crippen molar-refractivity contribution in [3.63, 3.8) is 0 Å². The van der Waals surface area contributed by atoms with Crippen LogP contribution in [0.4, 0.5) is 8.78 Å². The maximum absolute atomic E-state index is 12.5. The van der Waals surface area contributed by atoms with Crippen LogP contribution in [0, 0.1) is 0 Å². The first-order valence-electron chi connectivity index (χ1n) is 7.40. The number of halogens is 2. The van der Waals surface area contributed by atoms with Gasteiger partial charge >= 0.3 is 6.43 Å². The molecule has 4 rings (SSSR count). The summed E-state index contributed by atoms with van der Waals surface area (Å²) in [5, 5.41) is 8.01. The second-order valence-corrected chi connectivity index (χ2v) is 7.47. The Kier molecular flexibility index (Phi) is 4.37. The molecule has 25 heavy (non-hydrogen) atoms. The fourth-order valence-electron chi connectivity index (χ4n) is 2.29. The highest BCUT2D eigenvalue weighted by atomic mass is 32.1. The number of rotatable bonds is 5. The van der Waals surface area contributed by atoms with Crippen molar-refractivity contribution in [1.29, 1.82) is 0 Å². The van der Waals surface area contributed by atoms with Crippen LogP contribution in [0.3, 0.4) is 0 Å². The van der Waals surface area contributed by atoms with Crippen LogP contribution in [0.15, 0.2) is 53.1 Å². The van der Waals surface area contributed by atoms with Crippen molar-refractivity contribution in [3.05, 3.63) is 64.3 Å². The molecule has 0 atom stereocenters. The molecule has 3 heterocycles. The SMILES string of the molecule is FC(F)c1nnc(-c2ccc(Cc3cnc(-c4ccccc4)s3)s2)o1. The van der Waals surface area contributed by atoms with Crippen molar-refractivity contribution in [3.8, 4) is 21.3 Å². The highest BCUT2D eigenvalue weighted by molar-refractivity contribution is 7.16. The topological polar surface area (TPSA) is 51.8 Å². The van der Waals surface area contributed by atoms with Gasteiger partial charge in [0, 0.05) is 27.9 Å². The van der Waals surface area contributed by atoms with E-state index >= 15 is 0 Å². The zero-order valence-electron chi connectivity index (χ0n) is 12.7. The average Bonchev–Trinajstić information content (AvgIpc) is 3.36. The van der Waals surface area contributed by atoms with E-state index in [1.54, 1.807) is 11.3 Å². The van der Waals surface area contributed by atoms with E-state index in [2.05, 4.69) is 15.2 Å². The second-order valence-electron chi connectivity index (χ2n) is 5.19. The molecule has 4 aromatic rings. The van der Waals surface area contributed by atoms with Gasteiger partial charge in [0.05, 0.1) is 4.88 Å². The van der Waals surface area contributed by atoms with Gasteiger partial charge in [-0.2, -0.15) is 8.78 Å². The molecule has 3 aromatic heterocycles. The van der Waals surface area contributed by atoms with Gasteiger partial charge in [0.2, 0.25) is 0 Å². The predicted octanol–water partition coefficient (Wildman–Crippen LogP) is 5.45. The fourth-order valence-corrected chi connectivity index (χ4v) is 4.27. The maximum Gasteiger partial charge on any atom is 0.314 e. The van der Waals surface area contributed by atoms with Crippen molar-refractivity contribution >= 4 is 22.7 Å². The van der Waals surface area contributed by atoms with Crippen molar-refractivity contribution in [2.24, 2.45) is 0 Å². The third kappa shape index (κ3) is 3.49. The molecule has 126 valence electrons. The zero-order valence-corrected chi connectivity index (χ0v) is 14.4. The molecule has 0 unspecified atom stereocenters. The number of thiazole rings is 1. The number of alkyl halides is 2. The van der Waals surface area contributed by atoms with Crippen molar-refractivity contribution in [2.45, 2.75) is 12.8 Å². The minimum absolute atomic E-state index is 0.126. The Balaban J connectivity index is 1.50. The lowest BCUT2D eigenvalue weighted by Crippen LogP contribution is -1.81. The number of hydrogen-bond donors (Lipinski definition) is 0. The molecule has 0 spiro atoms. The summed E-state index contributed by atoms with van der Waals surface area (Å²) in [4.78, 5) is 7.36. The molecule has 0 N–H and O–H groups in total. The molecule has 8 heteroatoms. The molecule has 0 bridgehead atoms. The maximum atomic E-state index is 12.5. The van der Waals surface area contributed by atoms with Crippen LogP contribution in [-0.4, -0.2) is 15.2 Å². The second kappa shape index (κ2) is 6.81. The Labute approximate surface area is 149 Å². The van der Waals surface area contributed by atoms with Crippen LogP contribution in [0.1, 0.15) is 22.1 Å². The summed E-state index contributed by atoms with van der Waals surface area (Å²) < 4.78 is 30.1. The number of aromatic nitrogens is 3. The Hall–Kier alpha value is -2.45. The molecule has 0 saturated carbocycles. The van der Waals surface area contributed by atoms with E-state index in [0.717, 1.165) is 26.7 Å². The van der Waals surface area contributed by atoms with E-state index in [0.29, 0.717) is 4.88 Å². The van der Waals surface area contributed by atoms with Crippen LogP contribution in [0.5, 0.6) is 0 Å². The van der Waals surface area contributed by atoms with E-state index in [1.165, 1.54) is 11.3 Å². The first-order chi connectivity index (χ1) is 12.2. The Morgan fingerprint density at radius 2 is 1.80 bits per heavy atom. The smallest absolute Gasteiger partial charge is 0.314 e. The molecule has 4 nitrogen and oxygen atoms in total. The molecule has 0 fully saturated rings. The van der Waals surface area contributed by atoms with Crippen molar-refractivity contribution in [1.82, 2.24) is 15.2 Å². The van der Waals surface area contributed by atoms with Gasteiger partial charge in [0.25, 0.3) is 11.8 Å². The normalized spacial score (nSPS) is 11.3.